The van der Waals surface area contributed by atoms with Gasteiger partial charge in [0.15, 0.2) is 11.5 Å². The van der Waals surface area contributed by atoms with Crippen molar-refractivity contribution in [1.29, 1.82) is 0 Å². The molecule has 0 radical (unpaired) electrons. The second-order valence-electron chi connectivity index (χ2n) is 15.6. The van der Waals surface area contributed by atoms with Crippen LogP contribution >= 0.6 is 0 Å². The van der Waals surface area contributed by atoms with Crippen LogP contribution in [0.25, 0.3) is 11.3 Å². The summed E-state index contributed by atoms with van der Waals surface area (Å²) in [6.45, 7) is 9.96. The number of hydroxylamine groups is 2. The van der Waals surface area contributed by atoms with Gasteiger partial charge in [-0.2, -0.15) is 9.79 Å². The van der Waals surface area contributed by atoms with E-state index in [4.69, 9.17) is 4.74 Å². The molecule has 3 aliphatic rings. The third-order valence-electron chi connectivity index (χ3n) is 11.3. The number of ether oxygens (including phenoxy) is 2. The highest BCUT2D eigenvalue weighted by Gasteiger charge is 2.42. The van der Waals surface area contributed by atoms with Crippen LogP contribution in [0, 0.1) is 11.8 Å². The number of rotatable bonds is 11. The van der Waals surface area contributed by atoms with Gasteiger partial charge in [0, 0.05) is 45.0 Å². The van der Waals surface area contributed by atoms with Gasteiger partial charge >= 0.3 is 12.2 Å². The van der Waals surface area contributed by atoms with E-state index in [1.54, 1.807) is 29.8 Å². The first-order valence-electron chi connectivity index (χ1n) is 19.7. The molecule has 1 unspecified atom stereocenters. The molecule has 0 bridgehead atoms. The van der Waals surface area contributed by atoms with E-state index < -0.39 is 48.0 Å². The summed E-state index contributed by atoms with van der Waals surface area (Å²) in [7, 11) is 2.38. The number of nitrogens with one attached hydrogen (secondary N) is 2. The SMILES string of the molecule is COC(=O)NC(C(=O)N1CCC[C@H]1c1ncc(-c2ccc(N3CCN(C(=O)c4cnc([C@@H]5CCCN5C(=O)[C@H](C(C)C)N(O)C(=O)OC)n4O)CC3)cc2)[nH]1)C(C)C. The molecule has 0 aliphatic carbocycles. The number of benzene rings is 1. The van der Waals surface area contributed by atoms with Crippen molar-refractivity contribution in [3.05, 3.63) is 54.0 Å². The minimum Gasteiger partial charge on any atom is -0.453 e. The summed E-state index contributed by atoms with van der Waals surface area (Å²) in [5.41, 5.74) is 2.69. The fourth-order valence-electron chi connectivity index (χ4n) is 8.11. The zero-order valence-electron chi connectivity index (χ0n) is 33.8. The minimum absolute atomic E-state index is 0.0209. The molecule has 3 fully saturated rings. The van der Waals surface area contributed by atoms with Crippen LogP contribution in [0.2, 0.25) is 0 Å². The molecule has 2 aromatic heterocycles. The number of carbonyl (C=O) groups is 5. The lowest BCUT2D eigenvalue weighted by Gasteiger charge is -2.36. The van der Waals surface area contributed by atoms with Gasteiger partial charge in [-0.25, -0.2) is 19.6 Å². The Kier molecular flexibility index (Phi) is 12.8. The third kappa shape index (κ3) is 8.39. The van der Waals surface area contributed by atoms with Crippen molar-refractivity contribution in [2.75, 3.05) is 58.4 Å². The number of alkyl carbamates (subject to hydrolysis) is 1. The molecule has 3 aliphatic heterocycles. The molecule has 3 aromatic rings. The largest absolute Gasteiger partial charge is 0.453 e. The zero-order valence-corrected chi connectivity index (χ0v) is 33.8. The van der Waals surface area contributed by atoms with Crippen molar-refractivity contribution in [3.8, 4) is 11.3 Å². The van der Waals surface area contributed by atoms with Crippen molar-refractivity contribution in [3.63, 3.8) is 0 Å². The van der Waals surface area contributed by atoms with Crippen LogP contribution in [0.1, 0.15) is 87.6 Å². The summed E-state index contributed by atoms with van der Waals surface area (Å²) in [5, 5.41) is 24.6. The second-order valence-corrected chi connectivity index (χ2v) is 15.6. The predicted octanol–water partition coefficient (Wildman–Crippen LogP) is 3.66. The lowest BCUT2D eigenvalue weighted by atomic mass is 10.0. The molecule has 0 saturated carbocycles. The van der Waals surface area contributed by atoms with E-state index in [0.29, 0.717) is 63.0 Å². The summed E-state index contributed by atoms with van der Waals surface area (Å²) >= 11 is 0. The summed E-state index contributed by atoms with van der Waals surface area (Å²) in [6.07, 6.45) is 4.01. The fourth-order valence-corrected chi connectivity index (χ4v) is 8.11. The van der Waals surface area contributed by atoms with Gasteiger partial charge in [0.1, 0.15) is 17.9 Å². The van der Waals surface area contributed by atoms with Gasteiger partial charge in [0.2, 0.25) is 11.8 Å². The van der Waals surface area contributed by atoms with E-state index in [0.717, 1.165) is 41.6 Å². The van der Waals surface area contributed by atoms with Crippen molar-refractivity contribution >= 4 is 35.6 Å². The van der Waals surface area contributed by atoms with Gasteiger partial charge in [-0.05, 0) is 55.2 Å². The van der Waals surface area contributed by atoms with Gasteiger partial charge in [-0.3, -0.25) is 19.6 Å². The van der Waals surface area contributed by atoms with Gasteiger partial charge in [-0.1, -0.05) is 39.8 Å². The maximum Gasteiger partial charge on any atom is 0.434 e. The van der Waals surface area contributed by atoms with Crippen molar-refractivity contribution < 1.29 is 43.9 Å². The highest BCUT2D eigenvalue weighted by molar-refractivity contribution is 5.93. The first-order chi connectivity index (χ1) is 27.7. The predicted molar refractivity (Wildman–Crippen MR) is 208 cm³/mol. The van der Waals surface area contributed by atoms with E-state index in [1.165, 1.54) is 18.2 Å². The molecular weight excluding hydrogens is 752 g/mol. The van der Waals surface area contributed by atoms with Gasteiger partial charge in [0.05, 0.1) is 44.4 Å². The van der Waals surface area contributed by atoms with Gasteiger partial charge in [-0.15, -0.1) is 0 Å². The fraction of sp³-hybridized carbons (Fsp3) is 0.564. The highest BCUT2D eigenvalue weighted by atomic mass is 16.6. The Morgan fingerprint density at radius 3 is 2.07 bits per heavy atom. The number of amides is 5. The van der Waals surface area contributed by atoms with Crippen molar-refractivity contribution in [2.24, 2.45) is 11.8 Å². The number of H-pyrrole nitrogens is 1. The number of likely N-dealkylation sites (tertiary alicyclic amines) is 2. The van der Waals surface area contributed by atoms with E-state index in [2.05, 4.69) is 29.9 Å². The Morgan fingerprint density at radius 2 is 1.47 bits per heavy atom. The Bertz CT molecular complexity index is 1960. The summed E-state index contributed by atoms with van der Waals surface area (Å²) in [6, 6.07) is 5.18. The van der Waals surface area contributed by atoms with Gasteiger partial charge < -0.3 is 44.6 Å². The quantitative estimate of drug-likeness (QED) is 0.124. The van der Waals surface area contributed by atoms with Crippen LogP contribution in [0.3, 0.4) is 0 Å². The van der Waals surface area contributed by atoms with E-state index >= 15 is 0 Å². The number of aromatic nitrogens is 4. The lowest BCUT2D eigenvalue weighted by molar-refractivity contribution is -0.160. The van der Waals surface area contributed by atoms with Crippen molar-refractivity contribution in [2.45, 2.75) is 77.5 Å². The Balaban J connectivity index is 1.06. The van der Waals surface area contributed by atoms with E-state index in [1.807, 2.05) is 38.1 Å². The molecule has 5 amide bonds. The van der Waals surface area contributed by atoms with Crippen LogP contribution in [0.4, 0.5) is 15.3 Å². The lowest BCUT2D eigenvalue weighted by Crippen LogP contribution is -2.52. The molecule has 58 heavy (non-hydrogen) atoms. The maximum absolute atomic E-state index is 13.6. The molecule has 1 aromatic carbocycles. The average Bonchev–Trinajstić information content (AvgIpc) is 4.06. The first-order valence-corrected chi connectivity index (χ1v) is 19.7. The number of aromatic amines is 1. The van der Waals surface area contributed by atoms with Crippen LogP contribution < -0.4 is 10.2 Å². The Labute approximate surface area is 336 Å². The highest BCUT2D eigenvalue weighted by Crippen LogP contribution is 2.35. The molecular formula is C39H54N10O9. The Morgan fingerprint density at radius 1 is 0.828 bits per heavy atom. The molecule has 4 N–H and O–H groups in total. The Hall–Kier alpha value is -5.85. The number of carbonyl (C=O) groups excluding carboxylic acids is 5. The third-order valence-corrected chi connectivity index (χ3v) is 11.3. The number of imidazole rings is 2. The molecule has 5 heterocycles. The molecule has 4 atom stereocenters. The molecule has 6 rings (SSSR count). The van der Waals surface area contributed by atoms with Crippen molar-refractivity contribution in [1.82, 2.24) is 44.8 Å². The summed E-state index contributed by atoms with van der Waals surface area (Å²) in [4.78, 5) is 84.3. The number of hydrogen-bond donors (Lipinski definition) is 4. The molecule has 3 saturated heterocycles. The standard InChI is InChI=1S/C39H54N10O9/c1-23(2)31(43-38(53)57-5)36(51)46-15-7-9-28(46)33-40-21-27(42-33)25-11-13-26(14-12-25)44-17-19-45(20-18-44)35(50)30-22-41-34(48(30)55)29-10-8-16-47(29)37(52)32(24(3)4)49(56)39(54)58-6/h11-14,21-24,28-29,31-32,55-56H,7-10,15-20H2,1-6H3,(H,40,42)(H,43,53)/t28-,29-,31?,32-/m0/s1. The normalized spacial score (nSPS) is 19.4. The number of piperazine rings is 1. The second kappa shape index (κ2) is 17.7. The zero-order chi connectivity index (χ0) is 41.8. The monoisotopic (exact) mass is 806 g/mol. The van der Waals surface area contributed by atoms with Crippen LogP contribution in [0.5, 0.6) is 0 Å². The average molecular weight is 807 g/mol. The molecule has 314 valence electrons. The minimum atomic E-state index is -1.21. The number of methoxy groups -OCH3 is 2. The van der Waals surface area contributed by atoms with Crippen LogP contribution in [-0.4, -0.2) is 145 Å². The maximum atomic E-state index is 13.6. The molecule has 19 heteroatoms. The number of nitrogens with zero attached hydrogens (tertiary/aromatic N) is 8. The first kappa shape index (κ1) is 41.8. The number of anilines is 1. The van der Waals surface area contributed by atoms with E-state index in [9.17, 15) is 34.4 Å². The van der Waals surface area contributed by atoms with E-state index in [-0.39, 0.29) is 29.4 Å². The van der Waals surface area contributed by atoms with Crippen LogP contribution in [0.15, 0.2) is 36.7 Å². The smallest absolute Gasteiger partial charge is 0.434 e. The summed E-state index contributed by atoms with van der Waals surface area (Å²) in [5.74, 6) is -0.836. The molecule has 19 nitrogen and oxygen atoms in total. The van der Waals surface area contributed by atoms with Crippen LogP contribution in [-0.2, 0) is 19.1 Å². The topological polar surface area (TPSA) is 219 Å². The molecule has 0 spiro atoms. The van der Waals surface area contributed by atoms with Gasteiger partial charge in [0.25, 0.3) is 5.91 Å². The summed E-state index contributed by atoms with van der Waals surface area (Å²) < 4.78 is 10.1. The number of hydrogen-bond acceptors (Lipinski definition) is 12.